The fourth-order valence-corrected chi connectivity index (χ4v) is 3.50. The van der Waals surface area contributed by atoms with Crippen molar-refractivity contribution in [2.75, 3.05) is 0 Å². The summed E-state index contributed by atoms with van der Waals surface area (Å²) in [6, 6.07) is 8.00. The number of ether oxygens (including phenoxy) is 1. The van der Waals surface area contributed by atoms with Crippen LogP contribution in [0.15, 0.2) is 35.7 Å². The third-order valence-corrected chi connectivity index (χ3v) is 4.97. The van der Waals surface area contributed by atoms with E-state index in [2.05, 4.69) is 5.32 Å². The number of fused-ring (bicyclic) bond motifs is 1. The van der Waals surface area contributed by atoms with Gasteiger partial charge >= 0.3 is 0 Å². The first-order valence-corrected chi connectivity index (χ1v) is 8.15. The minimum Gasteiger partial charge on any atom is -0.484 e. The highest BCUT2D eigenvalue weighted by atomic mass is 35.5. The van der Waals surface area contributed by atoms with Gasteiger partial charge in [0.25, 0.3) is 5.91 Å². The summed E-state index contributed by atoms with van der Waals surface area (Å²) in [5.74, 6) is 0.458. The third-order valence-electron chi connectivity index (χ3n) is 3.73. The number of aliphatic hydroxyl groups is 1. The van der Waals surface area contributed by atoms with Gasteiger partial charge in [0.15, 0.2) is 0 Å². The van der Waals surface area contributed by atoms with Crippen LogP contribution in [-0.4, -0.2) is 22.7 Å². The highest BCUT2D eigenvalue weighted by Gasteiger charge is 2.44. The lowest BCUT2D eigenvalue weighted by Gasteiger charge is -2.40. The van der Waals surface area contributed by atoms with Crippen molar-refractivity contribution in [2.45, 2.75) is 31.6 Å². The second-order valence-electron chi connectivity index (χ2n) is 5.76. The Balaban J connectivity index is 1.88. The number of carbonyl (C=O) groups excluding carboxylic acids is 1. The molecule has 0 radical (unpaired) electrons. The van der Waals surface area contributed by atoms with Gasteiger partial charge in [0.05, 0.1) is 10.9 Å². The molecule has 1 amide bonds. The van der Waals surface area contributed by atoms with E-state index in [1.54, 1.807) is 38.1 Å². The Bertz CT molecular complexity index is 696. The van der Waals surface area contributed by atoms with Crippen LogP contribution in [0.2, 0.25) is 5.02 Å². The Kier molecular flexibility index (Phi) is 3.89. The minimum absolute atomic E-state index is 0.252. The van der Waals surface area contributed by atoms with Crippen LogP contribution >= 0.6 is 22.9 Å². The van der Waals surface area contributed by atoms with Crippen LogP contribution < -0.4 is 10.1 Å². The lowest BCUT2D eigenvalue weighted by molar-refractivity contribution is -0.0611. The maximum absolute atomic E-state index is 12.4. The number of halogens is 1. The highest BCUT2D eigenvalue weighted by molar-refractivity contribution is 7.10. The number of thiophene rings is 1. The molecule has 2 unspecified atom stereocenters. The zero-order chi connectivity index (χ0) is 15.9. The monoisotopic (exact) mass is 337 g/mol. The standard InChI is InChI=1S/C16H16ClNO3S/c1-16(2)14(19)12(13-11(21-16)7-8-22-13)18-15(20)9-3-5-10(17)6-4-9/h3-8,12,14,19H,1-2H3,(H,18,20). The van der Waals surface area contributed by atoms with E-state index < -0.39 is 17.7 Å². The van der Waals surface area contributed by atoms with Crippen molar-refractivity contribution in [1.29, 1.82) is 0 Å². The topological polar surface area (TPSA) is 58.6 Å². The average molecular weight is 338 g/mol. The molecule has 2 heterocycles. The molecule has 22 heavy (non-hydrogen) atoms. The van der Waals surface area contributed by atoms with Crippen molar-refractivity contribution < 1.29 is 14.6 Å². The van der Waals surface area contributed by atoms with Crippen LogP contribution in [-0.2, 0) is 0 Å². The summed E-state index contributed by atoms with van der Waals surface area (Å²) in [4.78, 5) is 13.2. The molecule has 1 aliphatic heterocycles. The summed E-state index contributed by atoms with van der Waals surface area (Å²) in [6.07, 6.45) is -0.838. The maximum Gasteiger partial charge on any atom is 0.251 e. The summed E-state index contributed by atoms with van der Waals surface area (Å²) >= 11 is 7.29. The molecule has 3 rings (SSSR count). The minimum atomic E-state index is -0.838. The molecule has 1 aromatic heterocycles. The Labute approximate surface area is 137 Å². The van der Waals surface area contributed by atoms with Gasteiger partial charge in [-0.25, -0.2) is 0 Å². The van der Waals surface area contributed by atoms with Gasteiger partial charge in [0.1, 0.15) is 17.5 Å². The van der Waals surface area contributed by atoms with E-state index in [0.717, 1.165) is 4.88 Å². The van der Waals surface area contributed by atoms with Gasteiger partial charge in [-0.15, -0.1) is 11.3 Å². The molecule has 4 nitrogen and oxygen atoms in total. The molecule has 1 aromatic carbocycles. The van der Waals surface area contributed by atoms with E-state index in [0.29, 0.717) is 16.3 Å². The quantitative estimate of drug-likeness (QED) is 0.883. The first-order valence-electron chi connectivity index (χ1n) is 6.89. The van der Waals surface area contributed by atoms with Crippen molar-refractivity contribution in [3.8, 4) is 5.75 Å². The van der Waals surface area contributed by atoms with Crippen molar-refractivity contribution in [1.82, 2.24) is 5.32 Å². The molecule has 116 valence electrons. The van der Waals surface area contributed by atoms with Gasteiger partial charge in [-0.1, -0.05) is 11.6 Å². The Morgan fingerprint density at radius 2 is 2.00 bits per heavy atom. The van der Waals surface area contributed by atoms with Crippen molar-refractivity contribution in [2.24, 2.45) is 0 Å². The molecule has 0 saturated carbocycles. The van der Waals surface area contributed by atoms with E-state index in [1.807, 2.05) is 11.4 Å². The SMILES string of the molecule is CC1(C)Oc2ccsc2C(NC(=O)c2ccc(Cl)cc2)C1O. The number of hydrogen-bond donors (Lipinski definition) is 2. The largest absolute Gasteiger partial charge is 0.484 e. The molecule has 2 aromatic rings. The van der Waals surface area contributed by atoms with Gasteiger partial charge in [-0.2, -0.15) is 0 Å². The van der Waals surface area contributed by atoms with Crippen LogP contribution in [0.3, 0.4) is 0 Å². The van der Waals surface area contributed by atoms with Gasteiger partial charge < -0.3 is 15.2 Å². The number of hydrogen-bond acceptors (Lipinski definition) is 4. The first kappa shape index (κ1) is 15.3. The fraction of sp³-hybridized carbons (Fsp3) is 0.312. The first-order chi connectivity index (χ1) is 10.4. The fourth-order valence-electron chi connectivity index (χ4n) is 2.48. The van der Waals surface area contributed by atoms with Gasteiger partial charge in [-0.3, -0.25) is 4.79 Å². The summed E-state index contributed by atoms with van der Waals surface area (Å²) < 4.78 is 5.80. The van der Waals surface area contributed by atoms with Crippen LogP contribution in [0.4, 0.5) is 0 Å². The van der Waals surface area contributed by atoms with E-state index >= 15 is 0 Å². The third kappa shape index (κ3) is 2.72. The molecular formula is C16H16ClNO3S. The second-order valence-corrected chi connectivity index (χ2v) is 7.14. The maximum atomic E-state index is 12.4. The molecule has 6 heteroatoms. The zero-order valence-electron chi connectivity index (χ0n) is 12.2. The number of benzene rings is 1. The van der Waals surface area contributed by atoms with E-state index in [-0.39, 0.29) is 5.91 Å². The molecule has 0 fully saturated rings. The van der Waals surface area contributed by atoms with Gasteiger partial charge in [0.2, 0.25) is 0 Å². The molecule has 0 spiro atoms. The normalized spacial score (nSPS) is 22.5. The summed E-state index contributed by atoms with van der Waals surface area (Å²) in [5.41, 5.74) is -0.273. The van der Waals surface area contributed by atoms with Crippen LogP contribution in [0, 0.1) is 0 Å². The van der Waals surface area contributed by atoms with Crippen molar-refractivity contribution in [3.05, 3.63) is 51.2 Å². The van der Waals surface area contributed by atoms with Gasteiger partial charge in [0, 0.05) is 10.6 Å². The van der Waals surface area contributed by atoms with E-state index in [9.17, 15) is 9.90 Å². The van der Waals surface area contributed by atoms with Crippen molar-refractivity contribution >= 4 is 28.8 Å². The number of rotatable bonds is 2. The lowest BCUT2D eigenvalue weighted by atomic mass is 9.90. The molecule has 0 bridgehead atoms. The number of amides is 1. The molecular weight excluding hydrogens is 322 g/mol. The van der Waals surface area contributed by atoms with E-state index in [1.165, 1.54) is 11.3 Å². The zero-order valence-corrected chi connectivity index (χ0v) is 13.7. The summed E-state index contributed by atoms with van der Waals surface area (Å²) in [5, 5.41) is 15.9. The Morgan fingerprint density at radius 1 is 1.32 bits per heavy atom. The van der Waals surface area contributed by atoms with E-state index in [4.69, 9.17) is 16.3 Å². The van der Waals surface area contributed by atoms with Crippen LogP contribution in [0.1, 0.15) is 35.1 Å². The molecule has 2 N–H and O–H groups in total. The second kappa shape index (κ2) is 5.57. The lowest BCUT2D eigenvalue weighted by Crippen LogP contribution is -2.53. The summed E-state index contributed by atoms with van der Waals surface area (Å²) in [6.45, 7) is 3.61. The molecule has 0 aliphatic carbocycles. The molecule has 2 atom stereocenters. The Hall–Kier alpha value is -1.56. The predicted octanol–water partition coefficient (Wildman–Crippen LogP) is 3.40. The van der Waals surface area contributed by atoms with Crippen LogP contribution in [0.25, 0.3) is 0 Å². The number of carbonyl (C=O) groups is 1. The predicted molar refractivity (Wildman–Crippen MR) is 86.7 cm³/mol. The van der Waals surface area contributed by atoms with Crippen molar-refractivity contribution in [3.63, 3.8) is 0 Å². The van der Waals surface area contributed by atoms with Gasteiger partial charge in [-0.05, 0) is 49.6 Å². The van der Waals surface area contributed by atoms with Crippen LogP contribution in [0.5, 0.6) is 5.75 Å². The average Bonchev–Trinajstić information content (AvgIpc) is 2.91. The number of aliphatic hydroxyl groups excluding tert-OH is 1. The molecule has 1 aliphatic rings. The smallest absolute Gasteiger partial charge is 0.251 e. The Morgan fingerprint density at radius 3 is 2.68 bits per heavy atom. The molecule has 0 saturated heterocycles. The summed E-state index contributed by atoms with van der Waals surface area (Å²) in [7, 11) is 0. The number of nitrogens with one attached hydrogen (secondary N) is 1. The highest BCUT2D eigenvalue weighted by Crippen LogP contribution is 2.42.